The molecular weight excluding hydrogens is 375 g/mol. The molecule has 1 aromatic heterocycles. The molecule has 6 nitrogen and oxygen atoms in total. The third kappa shape index (κ3) is 7.96. The fraction of sp³-hybridized carbons (Fsp3) is 0.600. The van der Waals surface area contributed by atoms with E-state index in [9.17, 15) is 4.79 Å². The van der Waals surface area contributed by atoms with Gasteiger partial charge in [-0.25, -0.2) is 0 Å². The van der Waals surface area contributed by atoms with Gasteiger partial charge in [0.25, 0.3) is 0 Å². The highest BCUT2D eigenvalue weighted by atomic mass is 35.5. The molecule has 1 aromatic rings. The Balaban J connectivity index is 0. The molecule has 24 heavy (non-hydrogen) atoms. The number of piperazine rings is 1. The first-order chi connectivity index (χ1) is 10.2. The maximum Gasteiger partial charge on any atom is 0.225 e. The van der Waals surface area contributed by atoms with Gasteiger partial charge in [-0.1, -0.05) is 6.07 Å². The highest BCUT2D eigenvalue weighted by Gasteiger charge is 2.23. The van der Waals surface area contributed by atoms with E-state index in [1.54, 1.807) is 7.11 Å². The van der Waals surface area contributed by atoms with Gasteiger partial charge in [-0.15, -0.1) is 37.2 Å². The summed E-state index contributed by atoms with van der Waals surface area (Å²) in [6, 6.07) is 5.95. The van der Waals surface area contributed by atoms with Crippen molar-refractivity contribution in [2.24, 2.45) is 5.73 Å². The van der Waals surface area contributed by atoms with Crippen LogP contribution < -0.4 is 5.73 Å². The highest BCUT2D eigenvalue weighted by Crippen LogP contribution is 2.09. The first-order valence-electron chi connectivity index (χ1n) is 7.36. The van der Waals surface area contributed by atoms with Crippen LogP contribution in [0.2, 0.25) is 0 Å². The van der Waals surface area contributed by atoms with Crippen molar-refractivity contribution in [1.82, 2.24) is 14.8 Å². The van der Waals surface area contributed by atoms with Crippen molar-refractivity contribution in [3.63, 3.8) is 0 Å². The van der Waals surface area contributed by atoms with Gasteiger partial charge in [0.05, 0.1) is 18.2 Å². The minimum atomic E-state index is -0.177. The van der Waals surface area contributed by atoms with Crippen LogP contribution in [0.3, 0.4) is 0 Å². The van der Waals surface area contributed by atoms with E-state index < -0.39 is 0 Å². The molecule has 1 unspecified atom stereocenters. The Morgan fingerprint density at radius 3 is 2.42 bits per heavy atom. The van der Waals surface area contributed by atoms with Gasteiger partial charge in [0, 0.05) is 52.6 Å². The summed E-state index contributed by atoms with van der Waals surface area (Å²) in [5.74, 6) is 0.129. The maximum absolute atomic E-state index is 12.2. The lowest BCUT2D eigenvalue weighted by Gasteiger charge is -2.35. The lowest BCUT2D eigenvalue weighted by atomic mass is 10.2. The molecule has 0 radical (unpaired) electrons. The molecule has 0 aliphatic carbocycles. The van der Waals surface area contributed by atoms with E-state index in [0.717, 1.165) is 38.4 Å². The molecule has 1 aliphatic rings. The molecule has 2 rings (SSSR count). The predicted molar refractivity (Wildman–Crippen MR) is 102 cm³/mol. The van der Waals surface area contributed by atoms with Gasteiger partial charge in [-0.05, 0) is 12.1 Å². The minimum absolute atomic E-state index is 0. The number of rotatable bonds is 6. The molecule has 0 bridgehead atoms. The number of nitrogens with zero attached hydrogens (tertiary/aromatic N) is 3. The fourth-order valence-electron chi connectivity index (χ4n) is 2.46. The van der Waals surface area contributed by atoms with Crippen LogP contribution in [0.15, 0.2) is 24.4 Å². The Labute approximate surface area is 162 Å². The second kappa shape index (κ2) is 13.6. The number of hydrogen-bond donors (Lipinski definition) is 1. The van der Waals surface area contributed by atoms with E-state index in [0.29, 0.717) is 13.0 Å². The molecule has 1 aliphatic heterocycles. The molecule has 0 spiro atoms. The van der Waals surface area contributed by atoms with Gasteiger partial charge in [0.2, 0.25) is 5.91 Å². The smallest absolute Gasteiger partial charge is 0.225 e. The molecule has 9 heteroatoms. The zero-order chi connectivity index (χ0) is 15.1. The van der Waals surface area contributed by atoms with E-state index in [1.807, 2.05) is 29.3 Å². The summed E-state index contributed by atoms with van der Waals surface area (Å²) in [7, 11) is 1.59. The number of halogens is 3. The van der Waals surface area contributed by atoms with Crippen LogP contribution in [0.1, 0.15) is 12.1 Å². The van der Waals surface area contributed by atoms with Crippen molar-refractivity contribution in [1.29, 1.82) is 0 Å². The number of pyridine rings is 1. The van der Waals surface area contributed by atoms with Crippen LogP contribution in [0.5, 0.6) is 0 Å². The third-order valence-electron chi connectivity index (χ3n) is 3.84. The quantitative estimate of drug-likeness (QED) is 0.779. The van der Waals surface area contributed by atoms with Crippen molar-refractivity contribution >= 4 is 43.1 Å². The van der Waals surface area contributed by atoms with Crippen molar-refractivity contribution < 1.29 is 9.53 Å². The Morgan fingerprint density at radius 1 is 1.25 bits per heavy atom. The maximum atomic E-state index is 12.2. The number of ether oxygens (including phenoxy) is 1. The lowest BCUT2D eigenvalue weighted by Crippen LogP contribution is -2.49. The van der Waals surface area contributed by atoms with E-state index in [4.69, 9.17) is 10.5 Å². The molecular formula is C15H27Cl3N4O2. The van der Waals surface area contributed by atoms with Crippen LogP contribution in [0.4, 0.5) is 0 Å². The normalized spacial score (nSPS) is 15.5. The van der Waals surface area contributed by atoms with Gasteiger partial charge in [-0.2, -0.15) is 0 Å². The zero-order valence-corrected chi connectivity index (χ0v) is 16.2. The molecule has 0 aromatic carbocycles. The third-order valence-corrected chi connectivity index (χ3v) is 3.84. The summed E-state index contributed by atoms with van der Waals surface area (Å²) < 4.78 is 5.17. The highest BCUT2D eigenvalue weighted by molar-refractivity contribution is 5.86. The minimum Gasteiger partial charge on any atom is -0.380 e. The lowest BCUT2D eigenvalue weighted by molar-refractivity contribution is -0.135. The van der Waals surface area contributed by atoms with E-state index in [1.165, 1.54) is 0 Å². The molecule has 1 saturated heterocycles. The number of nitrogens with two attached hydrogens (primary N) is 1. The summed E-state index contributed by atoms with van der Waals surface area (Å²) in [4.78, 5) is 20.7. The van der Waals surface area contributed by atoms with Crippen LogP contribution in [0.25, 0.3) is 0 Å². The number of carbonyl (C=O) groups excluding carboxylic acids is 1. The van der Waals surface area contributed by atoms with Crippen molar-refractivity contribution in [3.05, 3.63) is 30.1 Å². The summed E-state index contributed by atoms with van der Waals surface area (Å²) >= 11 is 0. The van der Waals surface area contributed by atoms with E-state index in [-0.39, 0.29) is 49.2 Å². The Hall–Kier alpha value is -0.630. The van der Waals surface area contributed by atoms with Gasteiger partial charge >= 0.3 is 0 Å². The second-order valence-electron chi connectivity index (χ2n) is 5.28. The van der Waals surface area contributed by atoms with Gasteiger partial charge in [0.1, 0.15) is 0 Å². The van der Waals surface area contributed by atoms with Crippen LogP contribution in [-0.2, 0) is 16.1 Å². The topological polar surface area (TPSA) is 71.7 Å². The summed E-state index contributed by atoms with van der Waals surface area (Å²) in [5.41, 5.74) is 6.63. The van der Waals surface area contributed by atoms with Crippen LogP contribution in [0, 0.1) is 0 Å². The molecule has 140 valence electrons. The number of hydrogen-bond acceptors (Lipinski definition) is 5. The number of carbonyl (C=O) groups is 1. The monoisotopic (exact) mass is 400 g/mol. The Bertz CT molecular complexity index is 442. The van der Waals surface area contributed by atoms with Crippen molar-refractivity contribution in [3.8, 4) is 0 Å². The van der Waals surface area contributed by atoms with Crippen LogP contribution in [-0.4, -0.2) is 66.6 Å². The molecule has 1 amide bonds. The number of amides is 1. The van der Waals surface area contributed by atoms with E-state index >= 15 is 0 Å². The average molecular weight is 402 g/mol. The first-order valence-corrected chi connectivity index (χ1v) is 7.36. The van der Waals surface area contributed by atoms with Crippen molar-refractivity contribution in [2.75, 3.05) is 39.8 Å². The molecule has 2 N–H and O–H groups in total. The standard InChI is InChI=1S/C15H24N4O2.3ClH/c1-21-14(11-16)10-15(20)19-8-6-18(7-9-19)12-13-4-2-3-5-17-13;;;/h2-5,14H,6-12,16H2,1H3;3*1H. The first kappa shape index (κ1) is 25.6. The molecule has 1 atom stereocenters. The number of methoxy groups -OCH3 is 1. The fourth-order valence-corrected chi connectivity index (χ4v) is 2.46. The largest absolute Gasteiger partial charge is 0.380 e. The van der Waals surface area contributed by atoms with E-state index in [2.05, 4.69) is 9.88 Å². The zero-order valence-electron chi connectivity index (χ0n) is 13.8. The average Bonchev–Trinajstić information content (AvgIpc) is 2.54. The summed E-state index contributed by atoms with van der Waals surface area (Å²) in [5, 5.41) is 0. The number of aromatic nitrogens is 1. The van der Waals surface area contributed by atoms with Gasteiger partial charge in [-0.3, -0.25) is 14.7 Å². The predicted octanol–water partition coefficient (Wildman–Crippen LogP) is 1.35. The molecule has 2 heterocycles. The van der Waals surface area contributed by atoms with Gasteiger partial charge in [0.15, 0.2) is 0 Å². The molecule has 0 saturated carbocycles. The summed E-state index contributed by atoms with van der Waals surface area (Å²) in [6.07, 6.45) is 2.00. The van der Waals surface area contributed by atoms with Gasteiger partial charge < -0.3 is 15.4 Å². The summed E-state index contributed by atoms with van der Waals surface area (Å²) in [6.45, 7) is 4.48. The Kier molecular flexibility index (Phi) is 14.6. The Morgan fingerprint density at radius 2 is 1.92 bits per heavy atom. The SMILES string of the molecule is COC(CN)CC(=O)N1CCN(Cc2ccccn2)CC1.Cl.Cl.Cl. The van der Waals surface area contributed by atoms with Crippen LogP contribution >= 0.6 is 37.2 Å². The molecule has 1 fully saturated rings. The van der Waals surface area contributed by atoms with Crippen molar-refractivity contribution in [2.45, 2.75) is 19.1 Å². The second-order valence-corrected chi connectivity index (χ2v) is 5.28.